The summed E-state index contributed by atoms with van der Waals surface area (Å²) in [4.78, 5) is 12.1. The molecule has 0 amide bonds. The maximum absolute atomic E-state index is 12.1. The lowest BCUT2D eigenvalue weighted by Gasteiger charge is -2.22. The predicted molar refractivity (Wildman–Crippen MR) is 68.1 cm³/mol. The van der Waals surface area contributed by atoms with Crippen molar-refractivity contribution in [1.82, 2.24) is 0 Å². The van der Waals surface area contributed by atoms with Gasteiger partial charge in [0.25, 0.3) is 0 Å². The second-order valence-electron chi connectivity index (χ2n) is 5.32. The van der Waals surface area contributed by atoms with E-state index in [-0.39, 0.29) is 17.6 Å². The molecule has 0 fully saturated rings. The highest BCUT2D eigenvalue weighted by Crippen LogP contribution is 2.23. The summed E-state index contributed by atoms with van der Waals surface area (Å²) in [5.41, 5.74) is 0. The SMILES string of the molecule is CO/C(=C\C(=O)C(C(C)C)C(C)C)C(C)C. The van der Waals surface area contributed by atoms with E-state index in [9.17, 15) is 4.79 Å². The molecule has 0 spiro atoms. The molecule has 16 heavy (non-hydrogen) atoms. The number of rotatable bonds is 6. The molecule has 0 aromatic rings. The smallest absolute Gasteiger partial charge is 0.162 e. The first-order valence-corrected chi connectivity index (χ1v) is 6.10. The number of hydrogen-bond acceptors (Lipinski definition) is 2. The Morgan fingerprint density at radius 2 is 1.44 bits per heavy atom. The number of allylic oxidation sites excluding steroid dienone is 2. The first kappa shape index (κ1) is 15.2. The summed E-state index contributed by atoms with van der Waals surface area (Å²) in [6.45, 7) is 12.4. The molecule has 0 unspecified atom stereocenters. The van der Waals surface area contributed by atoms with Gasteiger partial charge >= 0.3 is 0 Å². The molecular formula is C14H26O2. The van der Waals surface area contributed by atoms with Crippen LogP contribution in [0.2, 0.25) is 0 Å². The van der Waals surface area contributed by atoms with E-state index in [1.54, 1.807) is 13.2 Å². The van der Waals surface area contributed by atoms with Crippen LogP contribution in [0.25, 0.3) is 0 Å². The van der Waals surface area contributed by atoms with E-state index in [2.05, 4.69) is 27.7 Å². The first-order valence-electron chi connectivity index (χ1n) is 6.10. The number of carbonyl (C=O) groups excluding carboxylic acids is 1. The Balaban J connectivity index is 4.88. The molecule has 0 saturated carbocycles. The fraction of sp³-hybridized carbons (Fsp3) is 0.786. The highest BCUT2D eigenvalue weighted by atomic mass is 16.5. The molecule has 2 heteroatoms. The maximum Gasteiger partial charge on any atom is 0.162 e. The molecule has 0 aromatic carbocycles. The number of ketones is 1. The number of carbonyl (C=O) groups is 1. The van der Waals surface area contributed by atoms with Gasteiger partial charge in [-0.05, 0) is 11.8 Å². The van der Waals surface area contributed by atoms with E-state index >= 15 is 0 Å². The van der Waals surface area contributed by atoms with Gasteiger partial charge in [-0.2, -0.15) is 0 Å². The number of hydrogen-bond donors (Lipinski definition) is 0. The molecule has 0 N–H and O–H groups in total. The molecule has 0 aliphatic carbocycles. The largest absolute Gasteiger partial charge is 0.501 e. The lowest BCUT2D eigenvalue weighted by molar-refractivity contribution is -0.121. The molecule has 0 rings (SSSR count). The van der Waals surface area contributed by atoms with E-state index in [1.807, 2.05) is 13.8 Å². The van der Waals surface area contributed by atoms with Crippen LogP contribution in [0.5, 0.6) is 0 Å². The Kier molecular flexibility index (Phi) is 6.39. The van der Waals surface area contributed by atoms with Gasteiger partial charge < -0.3 is 4.74 Å². The fourth-order valence-corrected chi connectivity index (χ4v) is 2.12. The minimum absolute atomic E-state index is 0.0869. The van der Waals surface area contributed by atoms with Gasteiger partial charge in [0.05, 0.1) is 7.11 Å². The zero-order valence-corrected chi connectivity index (χ0v) is 11.7. The molecule has 0 radical (unpaired) electrons. The molecule has 0 saturated heterocycles. The molecule has 94 valence electrons. The first-order chi connectivity index (χ1) is 7.31. The van der Waals surface area contributed by atoms with Crippen LogP contribution in [0.3, 0.4) is 0 Å². The molecule has 0 aliphatic rings. The predicted octanol–water partition coefficient (Wildman–Crippen LogP) is 3.67. The zero-order valence-electron chi connectivity index (χ0n) is 11.7. The van der Waals surface area contributed by atoms with Crippen LogP contribution in [-0.2, 0) is 9.53 Å². The van der Waals surface area contributed by atoms with Crippen molar-refractivity contribution < 1.29 is 9.53 Å². The van der Waals surface area contributed by atoms with E-state index in [4.69, 9.17) is 4.74 Å². The third kappa shape index (κ3) is 4.38. The van der Waals surface area contributed by atoms with Gasteiger partial charge in [0, 0.05) is 17.9 Å². The normalized spacial score (nSPS) is 13.1. The molecule has 0 heterocycles. The highest BCUT2D eigenvalue weighted by Gasteiger charge is 2.24. The van der Waals surface area contributed by atoms with Gasteiger partial charge in [-0.1, -0.05) is 41.5 Å². The van der Waals surface area contributed by atoms with Crippen LogP contribution in [0, 0.1) is 23.7 Å². The van der Waals surface area contributed by atoms with Gasteiger partial charge in [-0.15, -0.1) is 0 Å². The Morgan fingerprint density at radius 1 is 1.00 bits per heavy atom. The minimum Gasteiger partial charge on any atom is -0.501 e. The Bertz CT molecular complexity index is 241. The minimum atomic E-state index is 0.0869. The van der Waals surface area contributed by atoms with Crippen LogP contribution in [0.15, 0.2) is 11.8 Å². The second-order valence-corrected chi connectivity index (χ2v) is 5.32. The Labute approximate surface area is 100 Å². The van der Waals surface area contributed by atoms with Gasteiger partial charge in [0.15, 0.2) is 5.78 Å². The van der Waals surface area contributed by atoms with E-state index in [1.165, 1.54) is 0 Å². The van der Waals surface area contributed by atoms with Crippen molar-refractivity contribution in [2.24, 2.45) is 23.7 Å². The quantitative estimate of drug-likeness (QED) is 0.510. The van der Waals surface area contributed by atoms with Gasteiger partial charge in [0.2, 0.25) is 0 Å². The molecule has 0 aliphatic heterocycles. The van der Waals surface area contributed by atoms with Crippen LogP contribution in [-0.4, -0.2) is 12.9 Å². The van der Waals surface area contributed by atoms with Crippen molar-refractivity contribution in [2.45, 2.75) is 41.5 Å². The summed E-state index contributed by atoms with van der Waals surface area (Å²) in [5, 5.41) is 0. The zero-order chi connectivity index (χ0) is 12.9. The molecule has 0 atom stereocenters. The van der Waals surface area contributed by atoms with Gasteiger partial charge in [0.1, 0.15) is 5.76 Å². The standard InChI is InChI=1S/C14H26O2/c1-9(2)13(16-7)8-12(15)14(10(3)4)11(5)6/h8-11,14H,1-7H3/b13-8-. The van der Waals surface area contributed by atoms with Crippen molar-refractivity contribution in [2.75, 3.05) is 7.11 Å². The highest BCUT2D eigenvalue weighted by molar-refractivity contribution is 5.92. The second kappa shape index (κ2) is 6.72. The van der Waals surface area contributed by atoms with Crippen molar-refractivity contribution in [3.63, 3.8) is 0 Å². The van der Waals surface area contributed by atoms with E-state index < -0.39 is 0 Å². The molecule has 0 bridgehead atoms. The average Bonchev–Trinajstić information content (AvgIpc) is 2.12. The summed E-state index contributed by atoms with van der Waals surface area (Å²) in [6.07, 6.45) is 1.68. The van der Waals surface area contributed by atoms with Crippen LogP contribution >= 0.6 is 0 Å². The van der Waals surface area contributed by atoms with Crippen LogP contribution < -0.4 is 0 Å². The molecule has 2 nitrogen and oxygen atoms in total. The fourth-order valence-electron chi connectivity index (χ4n) is 2.12. The van der Waals surface area contributed by atoms with Crippen LogP contribution in [0.4, 0.5) is 0 Å². The Morgan fingerprint density at radius 3 is 1.69 bits per heavy atom. The van der Waals surface area contributed by atoms with Gasteiger partial charge in [-0.3, -0.25) is 4.79 Å². The van der Waals surface area contributed by atoms with Crippen LogP contribution in [0.1, 0.15) is 41.5 Å². The van der Waals surface area contributed by atoms with Crippen molar-refractivity contribution in [1.29, 1.82) is 0 Å². The lowest BCUT2D eigenvalue weighted by Crippen LogP contribution is -2.24. The van der Waals surface area contributed by atoms with Crippen molar-refractivity contribution >= 4 is 5.78 Å². The maximum atomic E-state index is 12.1. The molecular weight excluding hydrogens is 200 g/mol. The van der Waals surface area contributed by atoms with Crippen molar-refractivity contribution in [3.05, 3.63) is 11.8 Å². The Hall–Kier alpha value is -0.790. The number of ether oxygens (including phenoxy) is 1. The van der Waals surface area contributed by atoms with E-state index in [0.717, 1.165) is 5.76 Å². The summed E-state index contributed by atoms with van der Waals surface area (Å²) >= 11 is 0. The summed E-state index contributed by atoms with van der Waals surface area (Å²) in [7, 11) is 1.62. The van der Waals surface area contributed by atoms with Gasteiger partial charge in [-0.25, -0.2) is 0 Å². The lowest BCUT2D eigenvalue weighted by atomic mass is 9.82. The van der Waals surface area contributed by atoms with E-state index in [0.29, 0.717) is 11.8 Å². The summed E-state index contributed by atoms with van der Waals surface area (Å²) in [6, 6.07) is 0. The average molecular weight is 226 g/mol. The monoisotopic (exact) mass is 226 g/mol. The number of methoxy groups -OCH3 is 1. The third-order valence-electron chi connectivity index (χ3n) is 2.85. The summed E-state index contributed by atoms with van der Waals surface area (Å²) < 4.78 is 5.23. The van der Waals surface area contributed by atoms with Crippen molar-refractivity contribution in [3.8, 4) is 0 Å². The topological polar surface area (TPSA) is 26.3 Å². The third-order valence-corrected chi connectivity index (χ3v) is 2.85. The molecule has 0 aromatic heterocycles. The summed E-state index contributed by atoms with van der Waals surface area (Å²) in [5.74, 6) is 2.05.